The van der Waals surface area contributed by atoms with Gasteiger partial charge in [-0.25, -0.2) is 0 Å². The van der Waals surface area contributed by atoms with Gasteiger partial charge < -0.3 is 9.64 Å². The molecular formula is C22H36N2O. The Bertz CT molecular complexity index is 537. The molecule has 0 radical (unpaired) electrons. The van der Waals surface area contributed by atoms with Crippen LogP contribution in [0.5, 0.6) is 0 Å². The zero-order valence-corrected chi connectivity index (χ0v) is 16.8. The summed E-state index contributed by atoms with van der Waals surface area (Å²) in [6, 6.07) is 7.53. The molecule has 1 saturated carbocycles. The number of hydrogen-bond acceptors (Lipinski definition) is 3. The van der Waals surface area contributed by atoms with Crippen LogP contribution in [0.25, 0.3) is 0 Å². The molecule has 1 saturated heterocycles. The Balaban J connectivity index is 1.95. The van der Waals surface area contributed by atoms with Crippen molar-refractivity contribution in [2.24, 2.45) is 0 Å². The van der Waals surface area contributed by atoms with Crippen LogP contribution in [0.2, 0.25) is 0 Å². The largest absolute Gasteiger partial charge is 0.348 e. The van der Waals surface area contributed by atoms with Crippen molar-refractivity contribution >= 4 is 5.69 Å². The molecule has 0 bridgehead atoms. The number of benzene rings is 1. The normalized spacial score (nSPS) is 23.2. The fraction of sp³-hybridized carbons (Fsp3) is 0.727. The van der Waals surface area contributed by atoms with Crippen molar-refractivity contribution < 1.29 is 4.74 Å². The highest BCUT2D eigenvalue weighted by atomic mass is 16.5. The molecule has 1 aliphatic carbocycles. The van der Waals surface area contributed by atoms with E-state index >= 15 is 0 Å². The van der Waals surface area contributed by atoms with Gasteiger partial charge in [0.2, 0.25) is 0 Å². The molecule has 0 amide bonds. The summed E-state index contributed by atoms with van der Waals surface area (Å²) in [7, 11) is 1.88. The van der Waals surface area contributed by atoms with Crippen LogP contribution in [-0.4, -0.2) is 37.5 Å². The van der Waals surface area contributed by atoms with Crippen molar-refractivity contribution in [2.75, 3.05) is 25.1 Å². The monoisotopic (exact) mass is 344 g/mol. The van der Waals surface area contributed by atoms with Crippen LogP contribution in [0.3, 0.4) is 0 Å². The second kappa shape index (κ2) is 8.09. The molecule has 1 aromatic carbocycles. The summed E-state index contributed by atoms with van der Waals surface area (Å²) in [5.41, 5.74) is 4.34. The van der Waals surface area contributed by atoms with E-state index in [1.54, 1.807) is 0 Å². The van der Waals surface area contributed by atoms with E-state index in [1.165, 1.54) is 48.9 Å². The maximum Gasteiger partial charge on any atom is 0.189 e. The molecule has 0 aromatic heterocycles. The third kappa shape index (κ3) is 3.73. The number of hydrogen-bond donors (Lipinski definition) is 0. The first-order valence-corrected chi connectivity index (χ1v) is 10.2. The standard InChI is InChI=1S/C22H36N2O/c1-16(2)19-12-9-13-20(17(3)4)21(19)24-15-14-23(22(24)25-5)18-10-7-6-8-11-18/h9,12-13,16-18,22H,6-8,10-11,14-15H2,1-5H3. The van der Waals surface area contributed by atoms with E-state index in [1.807, 2.05) is 7.11 Å². The summed E-state index contributed by atoms with van der Waals surface area (Å²) in [5.74, 6) is 1.05. The second-order valence-corrected chi connectivity index (χ2v) is 8.38. The minimum Gasteiger partial charge on any atom is -0.348 e. The smallest absolute Gasteiger partial charge is 0.189 e. The average Bonchev–Trinajstić information content (AvgIpc) is 3.05. The van der Waals surface area contributed by atoms with Crippen LogP contribution in [-0.2, 0) is 4.74 Å². The van der Waals surface area contributed by atoms with E-state index in [-0.39, 0.29) is 6.35 Å². The van der Waals surface area contributed by atoms with E-state index in [0.29, 0.717) is 17.9 Å². The van der Waals surface area contributed by atoms with Gasteiger partial charge in [0, 0.05) is 31.9 Å². The molecule has 0 spiro atoms. The third-order valence-electron chi connectivity index (χ3n) is 6.03. The van der Waals surface area contributed by atoms with Crippen molar-refractivity contribution in [2.45, 2.75) is 84.0 Å². The Morgan fingerprint density at radius 1 is 0.920 bits per heavy atom. The maximum atomic E-state index is 6.07. The highest BCUT2D eigenvalue weighted by Crippen LogP contribution is 2.39. The van der Waals surface area contributed by atoms with Crippen molar-refractivity contribution in [1.29, 1.82) is 0 Å². The van der Waals surface area contributed by atoms with Crippen LogP contribution in [0.4, 0.5) is 5.69 Å². The Hall–Kier alpha value is -1.06. The van der Waals surface area contributed by atoms with Crippen molar-refractivity contribution in [3.05, 3.63) is 29.3 Å². The molecule has 1 aliphatic heterocycles. The number of rotatable bonds is 5. The van der Waals surface area contributed by atoms with Gasteiger partial charge in [0.05, 0.1) is 0 Å². The number of anilines is 1. The quantitative estimate of drug-likeness (QED) is 0.719. The molecule has 3 rings (SSSR count). The molecule has 0 N–H and O–H groups in total. The maximum absolute atomic E-state index is 6.07. The van der Waals surface area contributed by atoms with Crippen LogP contribution >= 0.6 is 0 Å². The van der Waals surface area contributed by atoms with E-state index in [0.717, 1.165) is 13.1 Å². The molecule has 25 heavy (non-hydrogen) atoms. The van der Waals surface area contributed by atoms with Gasteiger partial charge in [-0.05, 0) is 35.8 Å². The molecule has 1 unspecified atom stereocenters. The molecule has 1 heterocycles. The first-order chi connectivity index (χ1) is 12.0. The summed E-state index contributed by atoms with van der Waals surface area (Å²) in [6.45, 7) is 11.4. The minimum atomic E-state index is 0.0838. The third-order valence-corrected chi connectivity index (χ3v) is 6.03. The molecule has 2 fully saturated rings. The van der Waals surface area contributed by atoms with Gasteiger partial charge in [-0.15, -0.1) is 0 Å². The second-order valence-electron chi connectivity index (χ2n) is 8.38. The lowest BCUT2D eigenvalue weighted by Gasteiger charge is -2.38. The molecule has 3 heteroatoms. The highest BCUT2D eigenvalue weighted by molar-refractivity contribution is 5.63. The van der Waals surface area contributed by atoms with Crippen LogP contribution in [0, 0.1) is 0 Å². The Labute approximate surface area is 154 Å². The van der Waals surface area contributed by atoms with E-state index in [9.17, 15) is 0 Å². The SMILES string of the molecule is COC1N(c2c(C(C)C)cccc2C(C)C)CCN1C1CCCCC1. The summed E-state index contributed by atoms with van der Waals surface area (Å²) in [4.78, 5) is 5.17. The topological polar surface area (TPSA) is 15.7 Å². The predicted molar refractivity (Wildman–Crippen MR) is 106 cm³/mol. The van der Waals surface area contributed by atoms with Gasteiger partial charge in [-0.1, -0.05) is 65.2 Å². The average molecular weight is 345 g/mol. The lowest BCUT2D eigenvalue weighted by molar-refractivity contribution is -0.0330. The van der Waals surface area contributed by atoms with Gasteiger partial charge >= 0.3 is 0 Å². The van der Waals surface area contributed by atoms with Crippen LogP contribution in [0.15, 0.2) is 18.2 Å². The van der Waals surface area contributed by atoms with Gasteiger partial charge in [0.15, 0.2) is 6.35 Å². The first kappa shape index (κ1) is 18.7. The zero-order valence-electron chi connectivity index (χ0n) is 16.8. The fourth-order valence-corrected chi connectivity index (χ4v) is 4.73. The molecule has 1 aromatic rings. The number of nitrogens with zero attached hydrogens (tertiary/aromatic N) is 2. The molecular weight excluding hydrogens is 308 g/mol. The lowest BCUT2D eigenvalue weighted by Crippen LogP contribution is -2.46. The molecule has 1 atom stereocenters. The summed E-state index contributed by atoms with van der Waals surface area (Å²) >= 11 is 0. The van der Waals surface area contributed by atoms with Crippen LogP contribution < -0.4 is 4.90 Å². The van der Waals surface area contributed by atoms with Crippen molar-refractivity contribution in [3.63, 3.8) is 0 Å². The van der Waals surface area contributed by atoms with Gasteiger partial charge in [-0.2, -0.15) is 0 Å². The van der Waals surface area contributed by atoms with Crippen molar-refractivity contribution in [1.82, 2.24) is 4.90 Å². The Kier molecular flexibility index (Phi) is 6.06. The Morgan fingerprint density at radius 3 is 2.04 bits per heavy atom. The minimum absolute atomic E-state index is 0.0838. The van der Waals surface area contributed by atoms with Crippen LogP contribution in [0.1, 0.15) is 82.8 Å². The summed E-state index contributed by atoms with van der Waals surface area (Å²) < 4.78 is 6.07. The van der Waals surface area contributed by atoms with Gasteiger partial charge in [0.25, 0.3) is 0 Å². The summed E-state index contributed by atoms with van der Waals surface area (Å²) in [5, 5.41) is 0. The summed E-state index contributed by atoms with van der Waals surface area (Å²) in [6.07, 6.45) is 6.89. The highest BCUT2D eigenvalue weighted by Gasteiger charge is 2.38. The lowest BCUT2D eigenvalue weighted by atomic mass is 9.92. The predicted octanol–water partition coefficient (Wildman–Crippen LogP) is 5.32. The van der Waals surface area contributed by atoms with Gasteiger partial charge in [-0.3, -0.25) is 4.90 Å². The number of ether oxygens (including phenoxy) is 1. The molecule has 2 aliphatic rings. The fourth-order valence-electron chi connectivity index (χ4n) is 4.73. The van der Waals surface area contributed by atoms with Crippen molar-refractivity contribution in [3.8, 4) is 0 Å². The number of para-hydroxylation sites is 1. The number of methoxy groups -OCH3 is 1. The van der Waals surface area contributed by atoms with Gasteiger partial charge in [0.1, 0.15) is 0 Å². The van der Waals surface area contributed by atoms with E-state index in [4.69, 9.17) is 4.74 Å². The zero-order chi connectivity index (χ0) is 18.0. The van der Waals surface area contributed by atoms with E-state index < -0.39 is 0 Å². The van der Waals surface area contributed by atoms with E-state index in [2.05, 4.69) is 55.7 Å². The first-order valence-electron chi connectivity index (χ1n) is 10.2. The molecule has 140 valence electrons. The Morgan fingerprint density at radius 2 is 1.52 bits per heavy atom. The molecule has 3 nitrogen and oxygen atoms in total.